The molecule has 2 aromatic heterocycles. The van der Waals surface area contributed by atoms with E-state index in [4.69, 9.17) is 5.11 Å². The number of imidazole rings is 2. The summed E-state index contributed by atoms with van der Waals surface area (Å²) in [4.78, 5) is 25.3. The van der Waals surface area contributed by atoms with Crippen LogP contribution < -0.4 is 10.6 Å². The van der Waals surface area contributed by atoms with E-state index in [0.29, 0.717) is 13.0 Å². The Kier molecular flexibility index (Phi) is 5.54. The molecule has 2 aromatic rings. The number of H-pyrrole nitrogens is 2. The summed E-state index contributed by atoms with van der Waals surface area (Å²) in [7, 11) is 0. The standard InChI is InChI=1S/C14H22N6O2/c1-14(12-17-8-9-18-12,10-11-15-6-7-16-11)20-5-3-2-4-19-13(21)22/h6-9,19-20H,2-5,10H2,1H3,(H,15,16)(H,17,18)(H,21,22). The van der Waals surface area contributed by atoms with E-state index < -0.39 is 6.09 Å². The lowest BCUT2D eigenvalue weighted by Crippen LogP contribution is -2.43. The predicted molar refractivity (Wildman–Crippen MR) is 81.5 cm³/mol. The van der Waals surface area contributed by atoms with Crippen molar-refractivity contribution in [3.8, 4) is 0 Å². The van der Waals surface area contributed by atoms with Crippen LogP contribution in [0.25, 0.3) is 0 Å². The maximum Gasteiger partial charge on any atom is 0.404 e. The van der Waals surface area contributed by atoms with Crippen molar-refractivity contribution in [3.05, 3.63) is 36.4 Å². The first-order chi connectivity index (χ1) is 10.6. The second-order valence-corrected chi connectivity index (χ2v) is 5.35. The molecule has 120 valence electrons. The van der Waals surface area contributed by atoms with Crippen molar-refractivity contribution in [3.63, 3.8) is 0 Å². The Morgan fingerprint density at radius 1 is 1.23 bits per heavy atom. The zero-order valence-corrected chi connectivity index (χ0v) is 12.6. The fourth-order valence-electron chi connectivity index (χ4n) is 2.34. The Balaban J connectivity index is 1.87. The predicted octanol–water partition coefficient (Wildman–Crippen LogP) is 1.23. The van der Waals surface area contributed by atoms with Gasteiger partial charge in [0, 0.05) is 37.8 Å². The molecule has 0 saturated heterocycles. The quantitative estimate of drug-likeness (QED) is 0.446. The number of carbonyl (C=O) groups is 1. The third-order valence-electron chi connectivity index (χ3n) is 3.49. The highest BCUT2D eigenvalue weighted by Crippen LogP contribution is 2.21. The number of amides is 1. The Morgan fingerprint density at radius 3 is 2.59 bits per heavy atom. The molecule has 0 aliphatic rings. The number of rotatable bonds is 9. The van der Waals surface area contributed by atoms with Crippen molar-refractivity contribution in [1.82, 2.24) is 30.6 Å². The maximum absolute atomic E-state index is 10.4. The van der Waals surface area contributed by atoms with Crippen LogP contribution in [0.2, 0.25) is 0 Å². The molecule has 5 N–H and O–H groups in total. The number of hydrogen-bond donors (Lipinski definition) is 5. The molecule has 8 heteroatoms. The van der Waals surface area contributed by atoms with Crippen LogP contribution in [0.3, 0.4) is 0 Å². The topological polar surface area (TPSA) is 119 Å². The van der Waals surface area contributed by atoms with Gasteiger partial charge in [0.2, 0.25) is 0 Å². The number of nitrogens with zero attached hydrogens (tertiary/aromatic N) is 2. The van der Waals surface area contributed by atoms with Crippen LogP contribution in [-0.2, 0) is 12.0 Å². The fraction of sp³-hybridized carbons (Fsp3) is 0.500. The lowest BCUT2D eigenvalue weighted by atomic mass is 9.96. The van der Waals surface area contributed by atoms with Gasteiger partial charge in [-0.15, -0.1) is 0 Å². The third kappa shape index (κ3) is 4.59. The minimum absolute atomic E-state index is 0.360. The molecule has 0 aromatic carbocycles. The molecule has 1 atom stereocenters. The molecule has 0 aliphatic carbocycles. The lowest BCUT2D eigenvalue weighted by molar-refractivity contribution is 0.194. The largest absolute Gasteiger partial charge is 0.465 e. The molecule has 0 fully saturated rings. The molecule has 0 bridgehead atoms. The number of unbranched alkanes of at least 4 members (excludes halogenated alkanes) is 1. The van der Waals surface area contributed by atoms with Crippen molar-refractivity contribution in [2.24, 2.45) is 0 Å². The SMILES string of the molecule is CC(Cc1ncc[nH]1)(NCCCCNC(=O)O)c1ncc[nH]1. The molecular weight excluding hydrogens is 284 g/mol. The van der Waals surface area contributed by atoms with Crippen LogP contribution in [0.1, 0.15) is 31.4 Å². The van der Waals surface area contributed by atoms with E-state index in [1.54, 1.807) is 24.8 Å². The summed E-state index contributed by atoms with van der Waals surface area (Å²) < 4.78 is 0. The maximum atomic E-state index is 10.4. The van der Waals surface area contributed by atoms with Crippen molar-refractivity contribution in [2.45, 2.75) is 31.7 Å². The number of nitrogens with one attached hydrogen (secondary N) is 4. The number of aromatic amines is 2. The summed E-state index contributed by atoms with van der Waals surface area (Å²) in [6, 6.07) is 0. The summed E-state index contributed by atoms with van der Waals surface area (Å²) >= 11 is 0. The Hall–Kier alpha value is -2.35. The van der Waals surface area contributed by atoms with Crippen molar-refractivity contribution in [1.29, 1.82) is 0 Å². The van der Waals surface area contributed by atoms with E-state index >= 15 is 0 Å². The monoisotopic (exact) mass is 306 g/mol. The van der Waals surface area contributed by atoms with Gasteiger partial charge in [-0.2, -0.15) is 0 Å². The second kappa shape index (κ2) is 7.60. The average Bonchev–Trinajstić information content (AvgIpc) is 3.15. The van der Waals surface area contributed by atoms with Gasteiger partial charge in [0.05, 0.1) is 5.54 Å². The van der Waals surface area contributed by atoms with Crippen molar-refractivity contribution in [2.75, 3.05) is 13.1 Å². The highest BCUT2D eigenvalue weighted by molar-refractivity contribution is 5.64. The Labute approximate surface area is 128 Å². The van der Waals surface area contributed by atoms with Gasteiger partial charge in [-0.05, 0) is 26.3 Å². The summed E-state index contributed by atoms with van der Waals surface area (Å²) in [5.41, 5.74) is -0.360. The Bertz CT molecular complexity index is 554. The summed E-state index contributed by atoms with van der Waals surface area (Å²) in [6.45, 7) is 3.30. The summed E-state index contributed by atoms with van der Waals surface area (Å²) in [6.07, 6.45) is 8.42. The van der Waals surface area contributed by atoms with Gasteiger partial charge in [-0.3, -0.25) is 0 Å². The zero-order valence-electron chi connectivity index (χ0n) is 12.6. The smallest absolute Gasteiger partial charge is 0.404 e. The molecular formula is C14H22N6O2. The fourth-order valence-corrected chi connectivity index (χ4v) is 2.34. The first kappa shape index (κ1) is 16.0. The molecule has 0 radical (unpaired) electrons. The lowest BCUT2D eigenvalue weighted by Gasteiger charge is -2.28. The van der Waals surface area contributed by atoms with E-state index in [1.807, 2.05) is 0 Å². The van der Waals surface area contributed by atoms with Gasteiger partial charge in [0.15, 0.2) is 0 Å². The van der Waals surface area contributed by atoms with Gasteiger partial charge in [0.25, 0.3) is 0 Å². The van der Waals surface area contributed by atoms with Gasteiger partial charge >= 0.3 is 6.09 Å². The van der Waals surface area contributed by atoms with Gasteiger partial charge in [-0.1, -0.05) is 0 Å². The highest BCUT2D eigenvalue weighted by Gasteiger charge is 2.29. The third-order valence-corrected chi connectivity index (χ3v) is 3.49. The second-order valence-electron chi connectivity index (χ2n) is 5.35. The molecule has 2 heterocycles. The molecule has 22 heavy (non-hydrogen) atoms. The molecule has 2 rings (SSSR count). The van der Waals surface area contributed by atoms with E-state index in [9.17, 15) is 4.79 Å². The average molecular weight is 306 g/mol. The van der Waals surface area contributed by atoms with E-state index in [1.165, 1.54) is 0 Å². The van der Waals surface area contributed by atoms with E-state index in [0.717, 1.165) is 31.0 Å². The molecule has 1 unspecified atom stereocenters. The van der Waals surface area contributed by atoms with Crippen LogP contribution >= 0.6 is 0 Å². The van der Waals surface area contributed by atoms with Crippen LogP contribution in [0, 0.1) is 0 Å². The van der Waals surface area contributed by atoms with Crippen LogP contribution in [0.4, 0.5) is 4.79 Å². The minimum atomic E-state index is -0.980. The molecule has 8 nitrogen and oxygen atoms in total. The van der Waals surface area contributed by atoms with Gasteiger partial charge < -0.3 is 25.7 Å². The first-order valence-electron chi connectivity index (χ1n) is 7.30. The van der Waals surface area contributed by atoms with Crippen molar-refractivity contribution >= 4 is 6.09 Å². The number of aromatic nitrogens is 4. The zero-order chi connectivity index (χ0) is 15.8. The van der Waals surface area contributed by atoms with Crippen LogP contribution in [-0.4, -0.2) is 44.2 Å². The summed E-state index contributed by atoms with van der Waals surface area (Å²) in [5, 5.41) is 14.4. The number of hydrogen-bond acceptors (Lipinski definition) is 4. The van der Waals surface area contributed by atoms with Crippen molar-refractivity contribution < 1.29 is 9.90 Å². The molecule has 0 aliphatic heterocycles. The van der Waals surface area contributed by atoms with Gasteiger partial charge in [0.1, 0.15) is 11.6 Å². The molecule has 1 amide bonds. The van der Waals surface area contributed by atoms with Gasteiger partial charge in [-0.25, -0.2) is 14.8 Å². The molecule has 0 spiro atoms. The first-order valence-corrected chi connectivity index (χ1v) is 7.30. The Morgan fingerprint density at radius 2 is 1.95 bits per heavy atom. The number of carboxylic acid groups (broad SMARTS) is 1. The van der Waals surface area contributed by atoms with Crippen LogP contribution in [0.15, 0.2) is 24.8 Å². The van der Waals surface area contributed by atoms with Crippen LogP contribution in [0.5, 0.6) is 0 Å². The highest BCUT2D eigenvalue weighted by atomic mass is 16.4. The van der Waals surface area contributed by atoms with E-state index in [2.05, 4.69) is 37.5 Å². The normalized spacial score (nSPS) is 13.7. The molecule has 0 saturated carbocycles. The minimum Gasteiger partial charge on any atom is -0.465 e. The van der Waals surface area contributed by atoms with E-state index in [-0.39, 0.29) is 5.54 Å². The summed E-state index contributed by atoms with van der Waals surface area (Å²) in [5.74, 6) is 1.74.